The van der Waals surface area contributed by atoms with Gasteiger partial charge in [0.1, 0.15) is 5.69 Å². The fourth-order valence-corrected chi connectivity index (χ4v) is 0.898. The summed E-state index contributed by atoms with van der Waals surface area (Å²) in [6.45, 7) is 0. The molecule has 0 aromatic carbocycles. The summed E-state index contributed by atoms with van der Waals surface area (Å²) in [7, 11) is 0. The van der Waals surface area contributed by atoms with Gasteiger partial charge in [-0.25, -0.2) is 8.78 Å². The molecule has 1 aromatic heterocycles. The number of aliphatic carboxylic acids is 1. The summed E-state index contributed by atoms with van der Waals surface area (Å²) in [5.74, 6) is -1.05. The van der Waals surface area contributed by atoms with Crippen LogP contribution in [-0.2, 0) is 11.2 Å². The number of alkyl halides is 2. The maximum Gasteiger partial charge on any atom is 0.307 e. The van der Waals surface area contributed by atoms with E-state index < -0.39 is 18.1 Å². The summed E-state index contributed by atoms with van der Waals surface area (Å²) in [4.78, 5) is 13.6. The number of halogens is 2. The van der Waals surface area contributed by atoms with E-state index in [1.165, 1.54) is 12.3 Å². The zero-order valence-corrected chi connectivity index (χ0v) is 6.58. The van der Waals surface area contributed by atoms with E-state index in [4.69, 9.17) is 5.11 Å². The van der Waals surface area contributed by atoms with Gasteiger partial charge in [-0.15, -0.1) is 0 Å². The molecule has 1 rings (SSSR count). The minimum Gasteiger partial charge on any atom is -0.481 e. The topological polar surface area (TPSA) is 50.2 Å². The molecule has 5 heteroatoms. The molecule has 0 aliphatic rings. The van der Waals surface area contributed by atoms with Crippen molar-refractivity contribution < 1.29 is 18.7 Å². The maximum absolute atomic E-state index is 12.1. The fraction of sp³-hybridized carbons (Fsp3) is 0.250. The third-order valence-corrected chi connectivity index (χ3v) is 1.42. The van der Waals surface area contributed by atoms with Gasteiger partial charge >= 0.3 is 5.97 Å². The van der Waals surface area contributed by atoms with Gasteiger partial charge < -0.3 is 5.11 Å². The van der Waals surface area contributed by atoms with Crippen molar-refractivity contribution in [2.45, 2.75) is 12.8 Å². The number of pyridine rings is 1. The Morgan fingerprint density at radius 3 is 2.85 bits per heavy atom. The molecule has 70 valence electrons. The van der Waals surface area contributed by atoms with E-state index >= 15 is 0 Å². The van der Waals surface area contributed by atoms with Crippen LogP contribution in [-0.4, -0.2) is 16.1 Å². The van der Waals surface area contributed by atoms with Gasteiger partial charge in [-0.3, -0.25) is 9.78 Å². The molecule has 0 radical (unpaired) electrons. The Balaban J connectivity index is 2.85. The molecule has 0 bridgehead atoms. The summed E-state index contributed by atoms with van der Waals surface area (Å²) < 4.78 is 24.1. The number of hydrogen-bond acceptors (Lipinski definition) is 2. The third kappa shape index (κ3) is 2.77. The molecule has 0 spiro atoms. The number of carboxylic acid groups (broad SMARTS) is 1. The lowest BCUT2D eigenvalue weighted by Gasteiger charge is -2.00. The Morgan fingerprint density at radius 1 is 1.62 bits per heavy atom. The van der Waals surface area contributed by atoms with Gasteiger partial charge in [-0.2, -0.15) is 0 Å². The van der Waals surface area contributed by atoms with Gasteiger partial charge in [-0.05, 0) is 17.7 Å². The molecular formula is C8H7F2NO2. The lowest BCUT2D eigenvalue weighted by Crippen LogP contribution is -2.01. The first-order valence-electron chi connectivity index (χ1n) is 3.54. The highest BCUT2D eigenvalue weighted by Crippen LogP contribution is 2.16. The molecule has 0 atom stereocenters. The second kappa shape index (κ2) is 3.93. The fourth-order valence-electron chi connectivity index (χ4n) is 0.898. The van der Waals surface area contributed by atoms with Gasteiger partial charge in [0.15, 0.2) is 0 Å². The first kappa shape index (κ1) is 9.57. The first-order valence-corrected chi connectivity index (χ1v) is 3.54. The minimum atomic E-state index is -2.66. The molecule has 0 aliphatic heterocycles. The minimum absolute atomic E-state index is 0.262. The van der Waals surface area contributed by atoms with Gasteiger partial charge in [0.2, 0.25) is 0 Å². The predicted molar refractivity (Wildman–Crippen MR) is 40.5 cm³/mol. The highest BCUT2D eigenvalue weighted by Gasteiger charge is 2.09. The molecule has 13 heavy (non-hydrogen) atoms. The number of hydrogen-bond donors (Lipinski definition) is 1. The highest BCUT2D eigenvalue weighted by atomic mass is 19.3. The van der Waals surface area contributed by atoms with E-state index in [1.807, 2.05) is 0 Å². The van der Waals surface area contributed by atoms with Crippen molar-refractivity contribution in [3.8, 4) is 0 Å². The summed E-state index contributed by atoms with van der Waals surface area (Å²) in [5.41, 5.74) is -0.0587. The van der Waals surface area contributed by atoms with Crippen LogP contribution in [0.1, 0.15) is 17.7 Å². The predicted octanol–water partition coefficient (Wildman–Crippen LogP) is 1.65. The third-order valence-electron chi connectivity index (χ3n) is 1.42. The zero-order valence-electron chi connectivity index (χ0n) is 6.58. The summed E-state index contributed by atoms with van der Waals surface area (Å²) >= 11 is 0. The normalized spacial score (nSPS) is 10.4. The first-order chi connectivity index (χ1) is 6.09. The largest absolute Gasteiger partial charge is 0.481 e. The molecule has 0 amide bonds. The van der Waals surface area contributed by atoms with Gasteiger partial charge in [0.05, 0.1) is 6.42 Å². The number of aromatic nitrogens is 1. The van der Waals surface area contributed by atoms with E-state index in [-0.39, 0.29) is 6.42 Å². The van der Waals surface area contributed by atoms with Crippen LogP contribution in [0.5, 0.6) is 0 Å². The van der Waals surface area contributed by atoms with Crippen LogP contribution in [0.15, 0.2) is 18.3 Å². The molecule has 0 saturated heterocycles. The number of carboxylic acids is 1. The molecule has 1 N–H and O–H groups in total. The highest BCUT2D eigenvalue weighted by molar-refractivity contribution is 5.70. The van der Waals surface area contributed by atoms with Crippen molar-refractivity contribution >= 4 is 5.97 Å². The lowest BCUT2D eigenvalue weighted by molar-refractivity contribution is -0.136. The van der Waals surface area contributed by atoms with Crippen molar-refractivity contribution in [2.75, 3.05) is 0 Å². The van der Waals surface area contributed by atoms with Crippen LogP contribution in [0.25, 0.3) is 0 Å². The molecule has 0 fully saturated rings. The average molecular weight is 187 g/mol. The second-order valence-electron chi connectivity index (χ2n) is 2.46. The van der Waals surface area contributed by atoms with Crippen molar-refractivity contribution in [3.05, 3.63) is 29.6 Å². The van der Waals surface area contributed by atoms with Crippen LogP contribution in [0.4, 0.5) is 8.78 Å². The Morgan fingerprint density at radius 2 is 2.31 bits per heavy atom. The van der Waals surface area contributed by atoms with Crippen molar-refractivity contribution in [2.24, 2.45) is 0 Å². The maximum atomic E-state index is 12.1. The van der Waals surface area contributed by atoms with Crippen LogP contribution < -0.4 is 0 Å². The van der Waals surface area contributed by atoms with Crippen LogP contribution >= 0.6 is 0 Å². The van der Waals surface area contributed by atoms with Gasteiger partial charge in [0, 0.05) is 6.20 Å². The van der Waals surface area contributed by atoms with Crippen LogP contribution in [0.2, 0.25) is 0 Å². The Bertz CT molecular complexity index is 315. The zero-order chi connectivity index (χ0) is 9.84. The van der Waals surface area contributed by atoms with Crippen molar-refractivity contribution in [3.63, 3.8) is 0 Å². The quantitative estimate of drug-likeness (QED) is 0.782. The Labute approximate surface area is 73.0 Å². The SMILES string of the molecule is O=C(O)Cc1ccnc(C(F)F)c1. The lowest BCUT2D eigenvalue weighted by atomic mass is 10.2. The molecule has 0 unspecified atom stereocenters. The monoisotopic (exact) mass is 187 g/mol. The smallest absolute Gasteiger partial charge is 0.307 e. The van der Waals surface area contributed by atoms with Crippen molar-refractivity contribution in [1.82, 2.24) is 4.98 Å². The summed E-state index contributed by atoms with van der Waals surface area (Å²) in [6.07, 6.45) is -1.74. The van der Waals surface area contributed by atoms with E-state index in [0.717, 1.165) is 6.07 Å². The molecule has 1 aromatic rings. The van der Waals surface area contributed by atoms with Gasteiger partial charge in [-0.1, -0.05) is 0 Å². The molecule has 3 nitrogen and oxygen atoms in total. The second-order valence-corrected chi connectivity index (χ2v) is 2.46. The van der Waals surface area contributed by atoms with Crippen LogP contribution in [0.3, 0.4) is 0 Å². The standard InChI is InChI=1S/C8H7F2NO2/c9-8(10)6-3-5(1-2-11-6)4-7(12)13/h1-3,8H,4H2,(H,12,13). The Kier molecular flexibility index (Phi) is 2.89. The molecular weight excluding hydrogens is 180 g/mol. The van der Waals surface area contributed by atoms with Gasteiger partial charge in [0.25, 0.3) is 6.43 Å². The Hall–Kier alpha value is -1.52. The van der Waals surface area contributed by atoms with E-state index in [9.17, 15) is 13.6 Å². The summed E-state index contributed by atoms with van der Waals surface area (Å²) in [5, 5.41) is 8.39. The van der Waals surface area contributed by atoms with Crippen LogP contribution in [0, 0.1) is 0 Å². The molecule has 0 saturated carbocycles. The van der Waals surface area contributed by atoms with E-state index in [2.05, 4.69) is 4.98 Å². The van der Waals surface area contributed by atoms with Crippen molar-refractivity contribution in [1.29, 1.82) is 0 Å². The van der Waals surface area contributed by atoms with E-state index in [1.54, 1.807) is 0 Å². The summed E-state index contributed by atoms with van der Waals surface area (Å²) in [6, 6.07) is 2.50. The van der Waals surface area contributed by atoms with E-state index in [0.29, 0.717) is 5.56 Å². The average Bonchev–Trinajstić information content (AvgIpc) is 2.03. The number of carbonyl (C=O) groups is 1. The molecule has 1 heterocycles. The number of nitrogens with zero attached hydrogens (tertiary/aromatic N) is 1. The number of rotatable bonds is 3. The molecule has 0 aliphatic carbocycles.